The summed E-state index contributed by atoms with van der Waals surface area (Å²) in [6.45, 7) is 9.64. The minimum atomic E-state index is -0.507. The average Bonchev–Trinajstić information content (AvgIpc) is 3.10. The molecule has 2 aromatic rings. The van der Waals surface area contributed by atoms with Crippen LogP contribution in [0.3, 0.4) is 0 Å². The molecule has 0 radical (unpaired) electrons. The summed E-state index contributed by atoms with van der Waals surface area (Å²) >= 11 is 0. The molecule has 2 aromatic carbocycles. The van der Waals surface area contributed by atoms with E-state index in [-0.39, 0.29) is 30.3 Å². The highest BCUT2D eigenvalue weighted by Gasteiger charge is 2.37. The molecule has 2 aliphatic rings. The zero-order valence-corrected chi connectivity index (χ0v) is 17.9. The van der Waals surface area contributed by atoms with E-state index in [0.717, 1.165) is 5.56 Å². The Balaban J connectivity index is 1.46. The second-order valence-electron chi connectivity index (χ2n) is 8.88. The van der Waals surface area contributed by atoms with Gasteiger partial charge in [-0.15, -0.1) is 0 Å². The van der Waals surface area contributed by atoms with Crippen molar-refractivity contribution in [2.24, 2.45) is 5.92 Å². The van der Waals surface area contributed by atoms with Crippen LogP contribution in [0.4, 0.5) is 5.69 Å². The fourth-order valence-corrected chi connectivity index (χ4v) is 3.74. The van der Waals surface area contributed by atoms with Gasteiger partial charge in [0.1, 0.15) is 19.0 Å². The maximum Gasteiger partial charge on any atom is 0.316 e. The number of nitrogens with zero attached hydrogens (tertiary/aromatic N) is 1. The van der Waals surface area contributed by atoms with Crippen LogP contribution < -0.4 is 19.1 Å². The molecule has 1 amide bonds. The Hall–Kier alpha value is -3.02. The number of rotatable bonds is 3. The summed E-state index contributed by atoms with van der Waals surface area (Å²) in [5, 5.41) is 0. The summed E-state index contributed by atoms with van der Waals surface area (Å²) in [7, 11) is 0. The number of anilines is 1. The molecule has 1 fully saturated rings. The van der Waals surface area contributed by atoms with Crippen LogP contribution in [0.25, 0.3) is 0 Å². The summed E-state index contributed by atoms with van der Waals surface area (Å²) in [5.41, 5.74) is 2.81. The first-order chi connectivity index (χ1) is 14.2. The molecule has 0 aliphatic carbocycles. The first kappa shape index (κ1) is 20.3. The molecule has 0 bridgehead atoms. The van der Waals surface area contributed by atoms with Gasteiger partial charge in [0, 0.05) is 24.7 Å². The first-order valence-electron chi connectivity index (χ1n) is 10.3. The molecule has 0 aromatic heterocycles. The van der Waals surface area contributed by atoms with Crippen molar-refractivity contribution < 1.29 is 23.8 Å². The lowest BCUT2D eigenvalue weighted by molar-refractivity contribution is -0.139. The van der Waals surface area contributed by atoms with Gasteiger partial charge in [-0.05, 0) is 41.7 Å². The molecule has 0 spiro atoms. The van der Waals surface area contributed by atoms with Crippen LogP contribution in [-0.4, -0.2) is 31.6 Å². The molecule has 0 saturated carbocycles. The molecule has 1 saturated heterocycles. The number of esters is 1. The zero-order chi connectivity index (χ0) is 21.5. The molecular formula is C24H27NO5. The molecule has 2 aliphatic heterocycles. The maximum atomic E-state index is 12.8. The number of hydrogen-bond acceptors (Lipinski definition) is 5. The van der Waals surface area contributed by atoms with Crippen LogP contribution in [0, 0.1) is 12.8 Å². The monoisotopic (exact) mass is 409 g/mol. The standard InChI is InChI=1S/C24H27NO5/c1-15-11-17(24(2,3)4)5-7-19(15)30-23(27)16-12-22(26)25(14-16)18-6-8-20-21(13-18)29-10-9-28-20/h5-8,11,13,16H,9-10,12,14H2,1-4H3/t16-/m1/s1. The Morgan fingerprint density at radius 3 is 2.50 bits per heavy atom. The Labute approximate surface area is 176 Å². The van der Waals surface area contributed by atoms with E-state index < -0.39 is 5.92 Å². The molecule has 30 heavy (non-hydrogen) atoms. The predicted molar refractivity (Wildman–Crippen MR) is 113 cm³/mol. The quantitative estimate of drug-likeness (QED) is 0.566. The second-order valence-corrected chi connectivity index (χ2v) is 8.88. The van der Waals surface area contributed by atoms with E-state index in [0.29, 0.717) is 36.1 Å². The van der Waals surface area contributed by atoms with E-state index in [9.17, 15) is 9.59 Å². The number of aryl methyl sites for hydroxylation is 1. The van der Waals surface area contributed by atoms with Crippen molar-refractivity contribution in [3.8, 4) is 17.2 Å². The third kappa shape index (κ3) is 3.99. The third-order valence-electron chi connectivity index (χ3n) is 5.55. The highest BCUT2D eigenvalue weighted by molar-refractivity contribution is 6.00. The van der Waals surface area contributed by atoms with Gasteiger partial charge < -0.3 is 19.1 Å². The number of ether oxygens (including phenoxy) is 3. The van der Waals surface area contributed by atoms with E-state index >= 15 is 0 Å². The predicted octanol–water partition coefficient (Wildman–Crippen LogP) is 4.02. The first-order valence-corrected chi connectivity index (χ1v) is 10.3. The van der Waals surface area contributed by atoms with Gasteiger partial charge in [-0.3, -0.25) is 9.59 Å². The molecule has 6 nitrogen and oxygen atoms in total. The number of hydrogen-bond donors (Lipinski definition) is 0. The Morgan fingerprint density at radius 2 is 1.80 bits per heavy atom. The number of carbonyl (C=O) groups is 2. The summed E-state index contributed by atoms with van der Waals surface area (Å²) in [6, 6.07) is 11.3. The lowest BCUT2D eigenvalue weighted by atomic mass is 9.86. The molecule has 4 rings (SSSR count). The van der Waals surface area contributed by atoms with Crippen molar-refractivity contribution in [2.75, 3.05) is 24.7 Å². The van der Waals surface area contributed by atoms with Crippen molar-refractivity contribution in [1.82, 2.24) is 0 Å². The summed E-state index contributed by atoms with van der Waals surface area (Å²) in [6.07, 6.45) is 0.131. The Kier molecular flexibility index (Phi) is 5.18. The zero-order valence-electron chi connectivity index (χ0n) is 17.9. The number of amides is 1. The topological polar surface area (TPSA) is 65.1 Å². The summed E-state index contributed by atoms with van der Waals surface area (Å²) < 4.78 is 16.8. The van der Waals surface area contributed by atoms with Crippen molar-refractivity contribution >= 4 is 17.6 Å². The molecule has 0 N–H and O–H groups in total. The summed E-state index contributed by atoms with van der Waals surface area (Å²) in [5.74, 6) is 0.836. The minimum Gasteiger partial charge on any atom is -0.486 e. The van der Waals surface area contributed by atoms with Gasteiger partial charge in [-0.2, -0.15) is 0 Å². The number of benzene rings is 2. The maximum absolute atomic E-state index is 12.8. The second kappa shape index (κ2) is 7.67. The number of carbonyl (C=O) groups excluding carboxylic acids is 2. The molecule has 158 valence electrons. The van der Waals surface area contributed by atoms with E-state index in [1.165, 1.54) is 5.56 Å². The largest absolute Gasteiger partial charge is 0.486 e. The lowest BCUT2D eigenvalue weighted by Gasteiger charge is -2.22. The van der Waals surface area contributed by atoms with Gasteiger partial charge in [0.15, 0.2) is 11.5 Å². The van der Waals surface area contributed by atoms with E-state index in [1.807, 2.05) is 31.2 Å². The van der Waals surface area contributed by atoms with E-state index in [4.69, 9.17) is 14.2 Å². The van der Waals surface area contributed by atoms with Gasteiger partial charge in [0.05, 0.1) is 5.92 Å². The SMILES string of the molecule is Cc1cc(C(C)(C)C)ccc1OC(=O)[C@@H]1CC(=O)N(c2ccc3c(c2)OCCO3)C1. The van der Waals surface area contributed by atoms with Gasteiger partial charge in [-0.1, -0.05) is 32.9 Å². The minimum absolute atomic E-state index is 0.0231. The Bertz CT molecular complexity index is 992. The van der Waals surface area contributed by atoms with Crippen molar-refractivity contribution in [1.29, 1.82) is 0 Å². The van der Waals surface area contributed by atoms with E-state index in [2.05, 4.69) is 20.8 Å². The van der Waals surface area contributed by atoms with Gasteiger partial charge in [0.25, 0.3) is 0 Å². The number of fused-ring (bicyclic) bond motifs is 1. The third-order valence-corrected chi connectivity index (χ3v) is 5.55. The molecule has 0 unspecified atom stereocenters. The lowest BCUT2D eigenvalue weighted by Crippen LogP contribution is -2.27. The van der Waals surface area contributed by atoms with Gasteiger partial charge >= 0.3 is 5.97 Å². The smallest absolute Gasteiger partial charge is 0.316 e. The van der Waals surface area contributed by atoms with Crippen LogP contribution in [0.5, 0.6) is 17.2 Å². The van der Waals surface area contributed by atoms with Gasteiger partial charge in [-0.25, -0.2) is 0 Å². The van der Waals surface area contributed by atoms with Crippen LogP contribution in [0.1, 0.15) is 38.3 Å². The van der Waals surface area contributed by atoms with Crippen molar-refractivity contribution in [2.45, 2.75) is 39.5 Å². The fourth-order valence-electron chi connectivity index (χ4n) is 3.74. The average molecular weight is 409 g/mol. The molecule has 2 heterocycles. The van der Waals surface area contributed by atoms with Crippen LogP contribution in [0.15, 0.2) is 36.4 Å². The van der Waals surface area contributed by atoms with Crippen LogP contribution in [-0.2, 0) is 15.0 Å². The van der Waals surface area contributed by atoms with Crippen molar-refractivity contribution in [3.05, 3.63) is 47.5 Å². The van der Waals surface area contributed by atoms with Crippen LogP contribution in [0.2, 0.25) is 0 Å². The van der Waals surface area contributed by atoms with Crippen LogP contribution >= 0.6 is 0 Å². The van der Waals surface area contributed by atoms with Crippen molar-refractivity contribution in [3.63, 3.8) is 0 Å². The molecular weight excluding hydrogens is 382 g/mol. The fraction of sp³-hybridized carbons (Fsp3) is 0.417. The highest BCUT2D eigenvalue weighted by atomic mass is 16.6. The molecule has 6 heteroatoms. The summed E-state index contributed by atoms with van der Waals surface area (Å²) in [4.78, 5) is 26.9. The van der Waals surface area contributed by atoms with Gasteiger partial charge in [0.2, 0.25) is 5.91 Å². The van der Waals surface area contributed by atoms with E-state index in [1.54, 1.807) is 17.0 Å². The normalized spacial score (nSPS) is 18.5. The Morgan fingerprint density at radius 1 is 1.07 bits per heavy atom. The molecule has 1 atom stereocenters. The highest BCUT2D eigenvalue weighted by Crippen LogP contribution is 2.36.